The third-order valence-electron chi connectivity index (χ3n) is 3.67. The smallest absolute Gasteiger partial charge is 0.118 e. The normalized spacial score (nSPS) is 24.6. The number of nitrogens with two attached hydrogens (primary N) is 1. The summed E-state index contributed by atoms with van der Waals surface area (Å²) in [6, 6.07) is 4.76. The lowest BCUT2D eigenvalue weighted by Gasteiger charge is -2.28. The Morgan fingerprint density at radius 1 is 1.12 bits per heavy atom. The van der Waals surface area contributed by atoms with Crippen molar-refractivity contribution in [2.45, 2.75) is 51.6 Å². The number of benzene rings is 1. The molecule has 0 bridgehead atoms. The molecule has 94 valence electrons. The Morgan fingerprint density at radius 2 is 1.76 bits per heavy atom. The maximum Gasteiger partial charge on any atom is 0.118 e. The number of aromatic hydroxyl groups is 1. The van der Waals surface area contributed by atoms with Crippen LogP contribution >= 0.6 is 0 Å². The highest BCUT2D eigenvalue weighted by molar-refractivity contribution is 5.57. The van der Waals surface area contributed by atoms with Gasteiger partial charge in [-0.25, -0.2) is 0 Å². The average Bonchev–Trinajstić information content (AvgIpc) is 2.29. The Hall–Kier alpha value is -1.22. The molecule has 3 heteroatoms. The van der Waals surface area contributed by atoms with Gasteiger partial charge in [-0.15, -0.1) is 0 Å². The van der Waals surface area contributed by atoms with Crippen molar-refractivity contribution in [3.05, 3.63) is 23.3 Å². The molecule has 0 saturated heterocycles. The van der Waals surface area contributed by atoms with Gasteiger partial charge in [0, 0.05) is 17.8 Å². The number of aryl methyl sites for hydroxylation is 2. The van der Waals surface area contributed by atoms with E-state index in [1.54, 1.807) is 0 Å². The minimum absolute atomic E-state index is 0.374. The minimum atomic E-state index is 0.374. The maximum atomic E-state index is 9.62. The second kappa shape index (κ2) is 4.96. The predicted octanol–water partition coefficient (Wildman–Crippen LogP) is 2.69. The molecule has 1 fully saturated rings. The summed E-state index contributed by atoms with van der Waals surface area (Å²) in [7, 11) is 0. The highest BCUT2D eigenvalue weighted by Crippen LogP contribution is 2.28. The Bertz CT molecular complexity index is 395. The number of hydrogen-bond acceptors (Lipinski definition) is 3. The molecule has 17 heavy (non-hydrogen) atoms. The van der Waals surface area contributed by atoms with Crippen LogP contribution in [-0.4, -0.2) is 17.2 Å². The molecule has 1 aliphatic rings. The van der Waals surface area contributed by atoms with Crippen LogP contribution < -0.4 is 11.1 Å². The zero-order chi connectivity index (χ0) is 12.4. The molecule has 0 amide bonds. The number of nitrogens with one attached hydrogen (secondary N) is 1. The van der Waals surface area contributed by atoms with Crippen LogP contribution in [0.2, 0.25) is 0 Å². The summed E-state index contributed by atoms with van der Waals surface area (Å²) in [6.07, 6.45) is 4.49. The van der Waals surface area contributed by atoms with Crippen molar-refractivity contribution in [3.8, 4) is 5.75 Å². The van der Waals surface area contributed by atoms with Crippen molar-refractivity contribution < 1.29 is 5.11 Å². The van der Waals surface area contributed by atoms with Crippen molar-refractivity contribution in [3.63, 3.8) is 0 Å². The molecule has 1 aromatic carbocycles. The van der Waals surface area contributed by atoms with Gasteiger partial charge in [-0.2, -0.15) is 0 Å². The number of anilines is 1. The summed E-state index contributed by atoms with van der Waals surface area (Å²) in [6.45, 7) is 3.95. The molecular formula is C14H22N2O. The van der Waals surface area contributed by atoms with Gasteiger partial charge in [-0.1, -0.05) is 0 Å². The van der Waals surface area contributed by atoms with Gasteiger partial charge < -0.3 is 16.2 Å². The maximum absolute atomic E-state index is 9.62. The summed E-state index contributed by atoms with van der Waals surface area (Å²) >= 11 is 0. The molecule has 0 heterocycles. The molecule has 0 aliphatic heterocycles. The summed E-state index contributed by atoms with van der Waals surface area (Å²) in [5.74, 6) is 0.374. The molecular weight excluding hydrogens is 212 g/mol. The summed E-state index contributed by atoms with van der Waals surface area (Å²) in [5.41, 5.74) is 9.06. The highest BCUT2D eigenvalue weighted by Gasteiger charge is 2.18. The second-order valence-corrected chi connectivity index (χ2v) is 5.21. The first kappa shape index (κ1) is 12.2. The molecule has 2 rings (SSSR count). The topological polar surface area (TPSA) is 58.3 Å². The van der Waals surface area contributed by atoms with Gasteiger partial charge in [0.25, 0.3) is 0 Å². The van der Waals surface area contributed by atoms with E-state index in [0.717, 1.165) is 42.5 Å². The fraction of sp³-hybridized carbons (Fsp3) is 0.571. The molecule has 3 nitrogen and oxygen atoms in total. The number of phenols is 1. The Labute approximate surface area is 103 Å². The van der Waals surface area contributed by atoms with Crippen LogP contribution in [0.15, 0.2) is 12.1 Å². The lowest BCUT2D eigenvalue weighted by molar-refractivity contribution is 0.411. The van der Waals surface area contributed by atoms with Gasteiger partial charge in [0.1, 0.15) is 5.75 Å². The van der Waals surface area contributed by atoms with Crippen LogP contribution in [0.4, 0.5) is 5.69 Å². The summed E-state index contributed by atoms with van der Waals surface area (Å²) in [5, 5.41) is 13.2. The molecule has 0 aromatic heterocycles. The Balaban J connectivity index is 2.06. The zero-order valence-corrected chi connectivity index (χ0v) is 10.7. The third-order valence-corrected chi connectivity index (χ3v) is 3.67. The van der Waals surface area contributed by atoms with Crippen molar-refractivity contribution in [2.24, 2.45) is 5.73 Å². The second-order valence-electron chi connectivity index (χ2n) is 5.21. The molecule has 4 N–H and O–H groups in total. The largest absolute Gasteiger partial charge is 0.508 e. The first-order valence-electron chi connectivity index (χ1n) is 6.38. The van der Waals surface area contributed by atoms with Crippen LogP contribution in [0.3, 0.4) is 0 Å². The molecule has 0 radical (unpaired) electrons. The van der Waals surface area contributed by atoms with Crippen LogP contribution in [0, 0.1) is 13.8 Å². The van der Waals surface area contributed by atoms with E-state index < -0.39 is 0 Å². The minimum Gasteiger partial charge on any atom is -0.508 e. The summed E-state index contributed by atoms with van der Waals surface area (Å²) < 4.78 is 0. The number of rotatable bonds is 2. The van der Waals surface area contributed by atoms with Crippen LogP contribution in [0.25, 0.3) is 0 Å². The van der Waals surface area contributed by atoms with Gasteiger partial charge in [0.05, 0.1) is 0 Å². The van der Waals surface area contributed by atoms with Gasteiger partial charge in [-0.05, 0) is 62.8 Å². The van der Waals surface area contributed by atoms with Crippen molar-refractivity contribution in [1.29, 1.82) is 0 Å². The van der Waals surface area contributed by atoms with Gasteiger partial charge in [0.2, 0.25) is 0 Å². The van der Waals surface area contributed by atoms with Crippen molar-refractivity contribution in [2.75, 3.05) is 5.32 Å². The Morgan fingerprint density at radius 3 is 2.41 bits per heavy atom. The third kappa shape index (κ3) is 2.91. The van der Waals surface area contributed by atoms with E-state index >= 15 is 0 Å². The lowest BCUT2D eigenvalue weighted by Crippen LogP contribution is -2.32. The molecule has 1 saturated carbocycles. The van der Waals surface area contributed by atoms with Gasteiger partial charge in [-0.3, -0.25) is 0 Å². The average molecular weight is 234 g/mol. The van der Waals surface area contributed by atoms with E-state index in [1.807, 2.05) is 26.0 Å². The number of hydrogen-bond donors (Lipinski definition) is 3. The van der Waals surface area contributed by atoms with E-state index in [2.05, 4.69) is 5.32 Å². The van der Waals surface area contributed by atoms with Crippen LogP contribution in [0.5, 0.6) is 5.75 Å². The van der Waals surface area contributed by atoms with E-state index in [-0.39, 0.29) is 0 Å². The van der Waals surface area contributed by atoms with Crippen LogP contribution in [0.1, 0.15) is 36.8 Å². The van der Waals surface area contributed by atoms with Crippen molar-refractivity contribution >= 4 is 5.69 Å². The van der Waals surface area contributed by atoms with Crippen LogP contribution in [-0.2, 0) is 0 Å². The molecule has 1 aromatic rings. The fourth-order valence-electron chi connectivity index (χ4n) is 2.44. The van der Waals surface area contributed by atoms with E-state index in [9.17, 15) is 5.11 Å². The SMILES string of the molecule is Cc1cc(NC2CCC(N)CC2)c(C)cc1O. The molecule has 0 spiro atoms. The fourth-order valence-corrected chi connectivity index (χ4v) is 2.44. The first-order chi connectivity index (χ1) is 8.06. The first-order valence-corrected chi connectivity index (χ1v) is 6.38. The lowest BCUT2D eigenvalue weighted by atomic mass is 9.91. The predicted molar refractivity (Wildman–Crippen MR) is 71.4 cm³/mol. The van der Waals surface area contributed by atoms with Gasteiger partial charge in [0.15, 0.2) is 0 Å². The van der Waals surface area contributed by atoms with E-state index in [4.69, 9.17) is 5.73 Å². The standard InChI is InChI=1S/C14H22N2O/c1-9-8-14(17)10(2)7-13(9)16-12-5-3-11(15)4-6-12/h7-8,11-12,16-17H,3-6,15H2,1-2H3. The molecule has 0 atom stereocenters. The molecule has 1 aliphatic carbocycles. The monoisotopic (exact) mass is 234 g/mol. The van der Waals surface area contributed by atoms with Gasteiger partial charge >= 0.3 is 0 Å². The zero-order valence-electron chi connectivity index (χ0n) is 10.7. The van der Waals surface area contributed by atoms with E-state index in [0.29, 0.717) is 17.8 Å². The van der Waals surface area contributed by atoms with E-state index in [1.165, 1.54) is 0 Å². The quantitative estimate of drug-likeness (QED) is 0.690. The van der Waals surface area contributed by atoms with Crippen molar-refractivity contribution in [1.82, 2.24) is 0 Å². The number of phenolic OH excluding ortho intramolecular Hbond substituents is 1. The molecule has 0 unspecified atom stereocenters. The Kier molecular flexibility index (Phi) is 3.57. The highest BCUT2D eigenvalue weighted by atomic mass is 16.3. The summed E-state index contributed by atoms with van der Waals surface area (Å²) in [4.78, 5) is 0.